The van der Waals surface area contributed by atoms with E-state index in [9.17, 15) is 0 Å². The number of benzene rings is 2. The number of aromatic nitrogens is 2. The summed E-state index contributed by atoms with van der Waals surface area (Å²) in [5.41, 5.74) is 2.08. The summed E-state index contributed by atoms with van der Waals surface area (Å²) in [5, 5.41) is 3.42. The molecule has 2 aromatic carbocycles. The monoisotopic (exact) mass is 389 g/mol. The van der Waals surface area contributed by atoms with Crippen LogP contribution in [0.1, 0.15) is 18.4 Å². The molecule has 3 aromatic rings. The predicted molar refractivity (Wildman–Crippen MR) is 118 cm³/mol. The molecule has 1 aromatic heterocycles. The SMILES string of the molecule is CN(C)c1cc(Nc2cccc(OCc3ccccc3)c2)nc(N2CCCC2)n1. The fourth-order valence-electron chi connectivity index (χ4n) is 3.33. The largest absolute Gasteiger partial charge is 0.489 e. The standard InChI is InChI=1S/C23H27N5O/c1-27(2)22-16-21(25-23(26-22)28-13-6-7-14-28)24-19-11-8-12-20(15-19)29-17-18-9-4-3-5-10-18/h3-5,8-12,15-16H,6-7,13-14,17H2,1-2H3,(H,24,25,26). The Morgan fingerprint density at radius 2 is 1.76 bits per heavy atom. The van der Waals surface area contributed by atoms with Gasteiger partial charge in [-0.3, -0.25) is 0 Å². The molecule has 6 heteroatoms. The summed E-state index contributed by atoms with van der Waals surface area (Å²) in [7, 11) is 4.00. The molecule has 0 spiro atoms. The molecule has 4 rings (SSSR count). The Morgan fingerprint density at radius 3 is 2.52 bits per heavy atom. The van der Waals surface area contributed by atoms with E-state index in [1.165, 1.54) is 12.8 Å². The molecule has 1 saturated heterocycles. The lowest BCUT2D eigenvalue weighted by atomic mass is 10.2. The van der Waals surface area contributed by atoms with E-state index in [-0.39, 0.29) is 0 Å². The first kappa shape index (κ1) is 19.1. The zero-order chi connectivity index (χ0) is 20.1. The highest BCUT2D eigenvalue weighted by Gasteiger charge is 2.17. The smallest absolute Gasteiger partial charge is 0.229 e. The molecule has 1 N–H and O–H groups in total. The minimum absolute atomic E-state index is 0.543. The van der Waals surface area contributed by atoms with Crippen LogP contribution in [0.15, 0.2) is 60.7 Å². The van der Waals surface area contributed by atoms with E-state index in [0.29, 0.717) is 6.61 Å². The summed E-state index contributed by atoms with van der Waals surface area (Å²) < 4.78 is 5.95. The van der Waals surface area contributed by atoms with Crippen LogP contribution < -0.4 is 19.9 Å². The van der Waals surface area contributed by atoms with Gasteiger partial charge in [-0.05, 0) is 30.5 Å². The number of nitrogens with zero attached hydrogens (tertiary/aromatic N) is 4. The maximum atomic E-state index is 5.95. The van der Waals surface area contributed by atoms with Crippen LogP contribution in [-0.4, -0.2) is 37.2 Å². The summed E-state index contributed by atoms with van der Waals surface area (Å²) in [6, 6.07) is 20.1. The number of hydrogen-bond donors (Lipinski definition) is 1. The molecule has 2 heterocycles. The lowest BCUT2D eigenvalue weighted by Crippen LogP contribution is -2.22. The molecule has 0 saturated carbocycles. The fourth-order valence-corrected chi connectivity index (χ4v) is 3.33. The zero-order valence-electron chi connectivity index (χ0n) is 17.0. The second-order valence-electron chi connectivity index (χ2n) is 7.43. The Kier molecular flexibility index (Phi) is 5.79. The molecular weight excluding hydrogens is 362 g/mol. The summed E-state index contributed by atoms with van der Waals surface area (Å²) in [4.78, 5) is 13.7. The number of ether oxygens (including phenoxy) is 1. The topological polar surface area (TPSA) is 53.5 Å². The van der Waals surface area contributed by atoms with Gasteiger partial charge in [-0.1, -0.05) is 36.4 Å². The van der Waals surface area contributed by atoms with Gasteiger partial charge in [0.25, 0.3) is 0 Å². The molecule has 0 aliphatic carbocycles. The van der Waals surface area contributed by atoms with E-state index >= 15 is 0 Å². The van der Waals surface area contributed by atoms with Crippen LogP contribution in [0.3, 0.4) is 0 Å². The lowest BCUT2D eigenvalue weighted by Gasteiger charge is -2.20. The Hall–Kier alpha value is -3.28. The fraction of sp³-hybridized carbons (Fsp3) is 0.304. The van der Waals surface area contributed by atoms with Crippen LogP contribution >= 0.6 is 0 Å². The van der Waals surface area contributed by atoms with Gasteiger partial charge >= 0.3 is 0 Å². The minimum atomic E-state index is 0.543. The Bertz CT molecular complexity index is 939. The number of nitrogens with one attached hydrogen (secondary N) is 1. The highest BCUT2D eigenvalue weighted by Crippen LogP contribution is 2.26. The average molecular weight is 390 g/mol. The molecule has 0 amide bonds. The van der Waals surface area contributed by atoms with E-state index in [4.69, 9.17) is 14.7 Å². The van der Waals surface area contributed by atoms with Gasteiger partial charge in [0.05, 0.1) is 0 Å². The third kappa shape index (κ3) is 4.96. The van der Waals surface area contributed by atoms with Gasteiger partial charge in [-0.2, -0.15) is 9.97 Å². The molecule has 0 atom stereocenters. The number of anilines is 4. The van der Waals surface area contributed by atoms with Crippen molar-refractivity contribution >= 4 is 23.3 Å². The summed E-state index contributed by atoms with van der Waals surface area (Å²) in [6.45, 7) is 2.57. The normalized spacial score (nSPS) is 13.4. The van der Waals surface area contributed by atoms with Crippen LogP contribution in [0.25, 0.3) is 0 Å². The molecule has 29 heavy (non-hydrogen) atoms. The zero-order valence-corrected chi connectivity index (χ0v) is 17.0. The maximum absolute atomic E-state index is 5.95. The van der Waals surface area contributed by atoms with Gasteiger partial charge in [0.2, 0.25) is 5.95 Å². The first-order valence-electron chi connectivity index (χ1n) is 10.0. The highest BCUT2D eigenvalue weighted by molar-refractivity contribution is 5.63. The van der Waals surface area contributed by atoms with Gasteiger partial charge in [0.15, 0.2) is 0 Å². The molecule has 150 valence electrons. The Morgan fingerprint density at radius 1 is 0.966 bits per heavy atom. The summed E-state index contributed by atoms with van der Waals surface area (Å²) in [6.07, 6.45) is 2.39. The van der Waals surface area contributed by atoms with Gasteiger partial charge < -0.3 is 19.9 Å². The van der Waals surface area contributed by atoms with Crippen molar-refractivity contribution in [1.82, 2.24) is 9.97 Å². The molecule has 6 nitrogen and oxygen atoms in total. The van der Waals surface area contributed by atoms with Crippen LogP contribution in [0, 0.1) is 0 Å². The Labute approximate surface area is 172 Å². The Balaban J connectivity index is 1.51. The van der Waals surface area contributed by atoms with E-state index < -0.39 is 0 Å². The molecular formula is C23H27N5O. The van der Waals surface area contributed by atoms with Crippen molar-refractivity contribution in [2.24, 2.45) is 0 Å². The van der Waals surface area contributed by atoms with Gasteiger partial charge in [0.1, 0.15) is 24.0 Å². The van der Waals surface area contributed by atoms with Crippen molar-refractivity contribution in [2.45, 2.75) is 19.4 Å². The van der Waals surface area contributed by atoms with Gasteiger partial charge in [0, 0.05) is 45.0 Å². The second kappa shape index (κ2) is 8.82. The molecule has 1 aliphatic heterocycles. The van der Waals surface area contributed by atoms with Crippen LogP contribution in [-0.2, 0) is 6.61 Å². The highest BCUT2D eigenvalue weighted by atomic mass is 16.5. The molecule has 0 radical (unpaired) electrons. The molecule has 1 aliphatic rings. The maximum Gasteiger partial charge on any atom is 0.229 e. The van der Waals surface area contributed by atoms with Crippen LogP contribution in [0.5, 0.6) is 5.75 Å². The van der Waals surface area contributed by atoms with Crippen LogP contribution in [0.4, 0.5) is 23.3 Å². The quantitative estimate of drug-likeness (QED) is 0.644. The lowest BCUT2D eigenvalue weighted by molar-refractivity contribution is 0.306. The van der Waals surface area contributed by atoms with E-state index in [1.54, 1.807) is 0 Å². The second-order valence-corrected chi connectivity index (χ2v) is 7.43. The van der Waals surface area contributed by atoms with Crippen LogP contribution in [0.2, 0.25) is 0 Å². The van der Waals surface area contributed by atoms with Crippen molar-refractivity contribution in [2.75, 3.05) is 42.3 Å². The van der Waals surface area contributed by atoms with E-state index in [1.807, 2.05) is 67.5 Å². The molecule has 0 unspecified atom stereocenters. The third-order valence-corrected chi connectivity index (χ3v) is 4.90. The molecule has 0 bridgehead atoms. The number of rotatable bonds is 7. The first-order valence-corrected chi connectivity index (χ1v) is 10.0. The van der Waals surface area contributed by atoms with Crippen molar-refractivity contribution in [3.63, 3.8) is 0 Å². The summed E-state index contributed by atoms with van der Waals surface area (Å²) >= 11 is 0. The van der Waals surface area contributed by atoms with E-state index in [2.05, 4.69) is 22.3 Å². The third-order valence-electron chi connectivity index (χ3n) is 4.90. The van der Waals surface area contributed by atoms with Gasteiger partial charge in [-0.25, -0.2) is 0 Å². The van der Waals surface area contributed by atoms with Crippen molar-refractivity contribution in [3.05, 3.63) is 66.2 Å². The van der Waals surface area contributed by atoms with Gasteiger partial charge in [-0.15, -0.1) is 0 Å². The van der Waals surface area contributed by atoms with E-state index in [0.717, 1.165) is 47.7 Å². The first-order chi connectivity index (χ1) is 14.2. The average Bonchev–Trinajstić information content (AvgIpc) is 3.28. The van der Waals surface area contributed by atoms with Crippen molar-refractivity contribution < 1.29 is 4.74 Å². The minimum Gasteiger partial charge on any atom is -0.489 e. The van der Waals surface area contributed by atoms with Crippen molar-refractivity contribution in [3.8, 4) is 5.75 Å². The number of hydrogen-bond acceptors (Lipinski definition) is 6. The van der Waals surface area contributed by atoms with Crippen molar-refractivity contribution in [1.29, 1.82) is 0 Å². The summed E-state index contributed by atoms with van der Waals surface area (Å²) in [5.74, 6) is 3.28. The molecule has 1 fully saturated rings. The predicted octanol–water partition coefficient (Wildman–Crippen LogP) is 4.47.